The molecule has 0 saturated heterocycles. The van der Waals surface area contributed by atoms with Crippen LogP contribution in [0.25, 0.3) is 0 Å². The molecule has 0 radical (unpaired) electrons. The Kier molecular flexibility index (Phi) is 5.13. The Balaban J connectivity index is 2.08. The van der Waals surface area contributed by atoms with E-state index >= 15 is 0 Å². The normalized spacial score (nSPS) is 14.9. The first kappa shape index (κ1) is 16.4. The van der Waals surface area contributed by atoms with E-state index in [0.29, 0.717) is 11.5 Å². The van der Waals surface area contributed by atoms with Gasteiger partial charge in [0, 0.05) is 6.04 Å². The lowest BCUT2D eigenvalue weighted by Gasteiger charge is -2.15. The van der Waals surface area contributed by atoms with Crippen LogP contribution in [0.5, 0.6) is 11.5 Å². The van der Waals surface area contributed by atoms with Crippen molar-refractivity contribution in [2.75, 3.05) is 14.2 Å². The minimum absolute atomic E-state index is 0.189. The van der Waals surface area contributed by atoms with Crippen LogP contribution in [0, 0.1) is 0 Å². The minimum Gasteiger partial charge on any atom is -0.493 e. The standard InChI is InChI=1S/C15H18ClNO5/c1-8(14(18)17-10-4-5-10)22-15(19)9-6-11(16)13(21-3)12(7-9)20-2/h6-8,10H,4-5H2,1-3H3,(H,17,18)/t8-/m0/s1. The van der Waals surface area contributed by atoms with Crippen LogP contribution in [-0.4, -0.2) is 38.2 Å². The summed E-state index contributed by atoms with van der Waals surface area (Å²) in [7, 11) is 2.89. The molecule has 1 atom stereocenters. The van der Waals surface area contributed by atoms with Crippen molar-refractivity contribution in [3.63, 3.8) is 0 Å². The van der Waals surface area contributed by atoms with E-state index in [-0.39, 0.29) is 22.5 Å². The van der Waals surface area contributed by atoms with Gasteiger partial charge in [-0.15, -0.1) is 0 Å². The van der Waals surface area contributed by atoms with Gasteiger partial charge >= 0.3 is 5.97 Å². The van der Waals surface area contributed by atoms with Gasteiger partial charge in [-0.3, -0.25) is 4.79 Å². The van der Waals surface area contributed by atoms with Crippen molar-refractivity contribution in [1.82, 2.24) is 5.32 Å². The average molecular weight is 328 g/mol. The molecule has 7 heteroatoms. The Morgan fingerprint density at radius 3 is 2.50 bits per heavy atom. The van der Waals surface area contributed by atoms with Gasteiger partial charge in [-0.05, 0) is 31.9 Å². The molecule has 1 aromatic rings. The summed E-state index contributed by atoms with van der Waals surface area (Å²) in [6, 6.07) is 3.08. The van der Waals surface area contributed by atoms with E-state index in [9.17, 15) is 9.59 Å². The maximum Gasteiger partial charge on any atom is 0.339 e. The third kappa shape index (κ3) is 3.82. The first-order chi connectivity index (χ1) is 10.5. The Labute approximate surface area is 133 Å². The lowest BCUT2D eigenvalue weighted by atomic mass is 10.2. The number of amides is 1. The number of rotatable bonds is 6. The Hall–Kier alpha value is -1.95. The summed E-state index contributed by atoms with van der Waals surface area (Å²) in [6.45, 7) is 1.53. The number of halogens is 1. The second kappa shape index (κ2) is 6.87. The zero-order valence-corrected chi connectivity index (χ0v) is 13.4. The van der Waals surface area contributed by atoms with Crippen molar-refractivity contribution in [1.29, 1.82) is 0 Å². The van der Waals surface area contributed by atoms with Crippen LogP contribution in [0.2, 0.25) is 5.02 Å². The van der Waals surface area contributed by atoms with Gasteiger partial charge in [-0.1, -0.05) is 11.6 Å². The summed E-state index contributed by atoms with van der Waals surface area (Å²) in [4.78, 5) is 23.9. The van der Waals surface area contributed by atoms with Crippen LogP contribution >= 0.6 is 11.6 Å². The highest BCUT2D eigenvalue weighted by molar-refractivity contribution is 6.32. The maximum absolute atomic E-state index is 12.1. The first-order valence-electron chi connectivity index (χ1n) is 6.89. The van der Waals surface area contributed by atoms with E-state index in [1.165, 1.54) is 33.3 Å². The van der Waals surface area contributed by atoms with Crippen molar-refractivity contribution in [2.45, 2.75) is 31.9 Å². The predicted octanol–water partition coefficient (Wildman–Crippen LogP) is 2.18. The van der Waals surface area contributed by atoms with Gasteiger partial charge in [0.25, 0.3) is 5.91 Å². The molecule has 120 valence electrons. The summed E-state index contributed by atoms with van der Waals surface area (Å²) < 4.78 is 15.4. The van der Waals surface area contributed by atoms with Crippen LogP contribution in [-0.2, 0) is 9.53 Å². The number of methoxy groups -OCH3 is 2. The fraction of sp³-hybridized carbons (Fsp3) is 0.467. The number of benzene rings is 1. The number of nitrogens with one attached hydrogen (secondary N) is 1. The Morgan fingerprint density at radius 1 is 1.27 bits per heavy atom. The molecule has 1 aliphatic carbocycles. The lowest BCUT2D eigenvalue weighted by molar-refractivity contribution is -0.129. The van der Waals surface area contributed by atoms with Crippen molar-refractivity contribution < 1.29 is 23.8 Å². The molecule has 6 nitrogen and oxygen atoms in total. The van der Waals surface area contributed by atoms with E-state index < -0.39 is 12.1 Å². The molecule has 1 N–H and O–H groups in total. The number of hydrogen-bond donors (Lipinski definition) is 1. The predicted molar refractivity (Wildman–Crippen MR) is 80.6 cm³/mol. The smallest absolute Gasteiger partial charge is 0.339 e. The minimum atomic E-state index is -0.875. The van der Waals surface area contributed by atoms with E-state index in [2.05, 4.69) is 5.32 Å². The summed E-state index contributed by atoms with van der Waals surface area (Å²) in [5.41, 5.74) is 0.189. The van der Waals surface area contributed by atoms with Gasteiger partial charge in [0.2, 0.25) is 0 Å². The third-order valence-electron chi connectivity index (χ3n) is 3.25. The lowest BCUT2D eigenvalue weighted by Crippen LogP contribution is -2.37. The van der Waals surface area contributed by atoms with Crippen LogP contribution in [0.4, 0.5) is 0 Å². The molecule has 1 amide bonds. The molecule has 0 aliphatic heterocycles. The van der Waals surface area contributed by atoms with Gasteiger partial charge in [0.1, 0.15) is 0 Å². The molecule has 0 heterocycles. The number of esters is 1. The molecular formula is C15H18ClNO5. The molecule has 1 saturated carbocycles. The van der Waals surface area contributed by atoms with Crippen LogP contribution in [0.15, 0.2) is 12.1 Å². The second-order valence-electron chi connectivity index (χ2n) is 5.02. The zero-order valence-electron chi connectivity index (χ0n) is 12.6. The zero-order chi connectivity index (χ0) is 16.3. The number of carbonyl (C=O) groups is 2. The van der Waals surface area contributed by atoms with Crippen LogP contribution in [0.3, 0.4) is 0 Å². The monoisotopic (exact) mass is 327 g/mol. The van der Waals surface area contributed by atoms with Gasteiger partial charge in [-0.2, -0.15) is 0 Å². The van der Waals surface area contributed by atoms with Crippen LogP contribution in [0.1, 0.15) is 30.1 Å². The highest BCUT2D eigenvalue weighted by atomic mass is 35.5. The molecule has 1 aliphatic rings. The topological polar surface area (TPSA) is 73.9 Å². The Bertz CT molecular complexity index is 586. The van der Waals surface area contributed by atoms with Gasteiger partial charge in [0.15, 0.2) is 17.6 Å². The molecular weight excluding hydrogens is 310 g/mol. The van der Waals surface area contributed by atoms with Gasteiger partial charge in [-0.25, -0.2) is 4.79 Å². The molecule has 22 heavy (non-hydrogen) atoms. The second-order valence-corrected chi connectivity index (χ2v) is 5.43. The quantitative estimate of drug-likeness (QED) is 0.811. The average Bonchev–Trinajstić information content (AvgIpc) is 3.29. The largest absolute Gasteiger partial charge is 0.493 e. The molecule has 1 fully saturated rings. The highest BCUT2D eigenvalue weighted by Crippen LogP contribution is 2.36. The van der Waals surface area contributed by atoms with Gasteiger partial charge in [0.05, 0.1) is 24.8 Å². The van der Waals surface area contributed by atoms with Crippen molar-refractivity contribution >= 4 is 23.5 Å². The fourth-order valence-electron chi connectivity index (χ4n) is 1.86. The molecule has 0 aromatic heterocycles. The maximum atomic E-state index is 12.1. The number of hydrogen-bond acceptors (Lipinski definition) is 5. The molecule has 1 aromatic carbocycles. The fourth-order valence-corrected chi connectivity index (χ4v) is 2.15. The highest BCUT2D eigenvalue weighted by Gasteiger charge is 2.27. The molecule has 0 unspecified atom stereocenters. The van der Waals surface area contributed by atoms with Crippen molar-refractivity contribution in [3.05, 3.63) is 22.7 Å². The molecule has 0 spiro atoms. The summed E-state index contributed by atoms with van der Waals surface area (Å²) >= 11 is 6.04. The summed E-state index contributed by atoms with van der Waals surface area (Å²) in [5, 5.41) is 3.00. The Morgan fingerprint density at radius 2 is 1.95 bits per heavy atom. The van der Waals surface area contributed by atoms with E-state index in [4.69, 9.17) is 25.8 Å². The SMILES string of the molecule is COc1cc(C(=O)O[C@@H](C)C(=O)NC2CC2)cc(Cl)c1OC. The summed E-state index contributed by atoms with van der Waals surface area (Å²) in [5.74, 6) is -0.305. The van der Waals surface area contributed by atoms with E-state index in [1.54, 1.807) is 0 Å². The molecule has 2 rings (SSSR count). The number of carbonyl (C=O) groups excluding carboxylic acids is 2. The third-order valence-corrected chi connectivity index (χ3v) is 3.53. The van der Waals surface area contributed by atoms with Crippen molar-refractivity contribution in [3.8, 4) is 11.5 Å². The van der Waals surface area contributed by atoms with Crippen molar-refractivity contribution in [2.24, 2.45) is 0 Å². The van der Waals surface area contributed by atoms with E-state index in [1.807, 2.05) is 0 Å². The van der Waals surface area contributed by atoms with Gasteiger partial charge < -0.3 is 19.5 Å². The first-order valence-corrected chi connectivity index (χ1v) is 7.27. The summed E-state index contributed by atoms with van der Waals surface area (Å²) in [6.07, 6.45) is 1.06. The van der Waals surface area contributed by atoms with Crippen LogP contribution < -0.4 is 14.8 Å². The van der Waals surface area contributed by atoms with E-state index in [0.717, 1.165) is 12.8 Å². The molecule has 0 bridgehead atoms. The number of ether oxygens (including phenoxy) is 3.